The number of thiazole rings is 1. The molecule has 4 rings (SSSR count). The van der Waals surface area contributed by atoms with Crippen LogP contribution in [0.15, 0.2) is 60.3 Å². The van der Waals surface area contributed by atoms with Crippen LogP contribution in [0.2, 0.25) is 0 Å². The van der Waals surface area contributed by atoms with E-state index >= 15 is 0 Å². The van der Waals surface area contributed by atoms with Gasteiger partial charge < -0.3 is 4.98 Å². The van der Waals surface area contributed by atoms with E-state index in [4.69, 9.17) is 0 Å². The number of amides is 1. The van der Waals surface area contributed by atoms with Gasteiger partial charge in [-0.15, -0.1) is 0 Å². The van der Waals surface area contributed by atoms with Gasteiger partial charge in [0.05, 0.1) is 10.2 Å². The second-order valence-electron chi connectivity index (χ2n) is 5.40. The van der Waals surface area contributed by atoms with Gasteiger partial charge in [-0.25, -0.2) is 4.98 Å². The van der Waals surface area contributed by atoms with Gasteiger partial charge in [0.1, 0.15) is 11.6 Å². The number of benzene rings is 2. The summed E-state index contributed by atoms with van der Waals surface area (Å²) in [6, 6.07) is 17.3. The van der Waals surface area contributed by atoms with E-state index in [2.05, 4.69) is 15.3 Å². The maximum absolute atomic E-state index is 12.4. The second-order valence-corrected chi connectivity index (χ2v) is 6.43. The number of carbonyl (C=O) groups is 1. The number of nitriles is 1. The van der Waals surface area contributed by atoms with Crippen molar-refractivity contribution in [1.82, 2.24) is 9.97 Å². The molecule has 25 heavy (non-hydrogen) atoms. The normalized spacial score (nSPS) is 11.6. The van der Waals surface area contributed by atoms with Gasteiger partial charge in [0.15, 0.2) is 5.13 Å². The quantitative estimate of drug-likeness (QED) is 0.429. The first-order valence-corrected chi connectivity index (χ1v) is 8.41. The summed E-state index contributed by atoms with van der Waals surface area (Å²) >= 11 is 1.38. The molecule has 2 heterocycles. The van der Waals surface area contributed by atoms with E-state index < -0.39 is 5.91 Å². The number of hydrogen-bond donors (Lipinski definition) is 2. The summed E-state index contributed by atoms with van der Waals surface area (Å²) in [5.41, 5.74) is 2.61. The Bertz CT molecular complexity index is 1130. The molecule has 4 aromatic rings. The molecule has 0 spiro atoms. The molecule has 2 aromatic carbocycles. The topological polar surface area (TPSA) is 81.6 Å². The summed E-state index contributed by atoms with van der Waals surface area (Å²) in [7, 11) is 0. The molecule has 0 radical (unpaired) electrons. The molecule has 120 valence electrons. The second kappa shape index (κ2) is 6.23. The Labute approximate surface area is 147 Å². The number of aromatic nitrogens is 2. The highest BCUT2D eigenvalue weighted by Gasteiger charge is 2.13. The number of H-pyrrole nitrogens is 1. The Morgan fingerprint density at radius 3 is 2.84 bits per heavy atom. The maximum Gasteiger partial charge on any atom is 0.268 e. The van der Waals surface area contributed by atoms with E-state index in [1.165, 1.54) is 11.3 Å². The number of nitrogens with zero attached hydrogens (tertiary/aromatic N) is 2. The average molecular weight is 344 g/mol. The lowest BCUT2D eigenvalue weighted by Gasteiger charge is -1.99. The van der Waals surface area contributed by atoms with Crippen LogP contribution in [0, 0.1) is 11.3 Å². The third kappa shape index (κ3) is 2.89. The van der Waals surface area contributed by atoms with Gasteiger partial charge in [-0.05, 0) is 24.3 Å². The monoisotopic (exact) mass is 344 g/mol. The van der Waals surface area contributed by atoms with Crippen molar-refractivity contribution in [1.29, 1.82) is 5.26 Å². The molecule has 0 aliphatic heterocycles. The van der Waals surface area contributed by atoms with Gasteiger partial charge in [0, 0.05) is 22.7 Å². The summed E-state index contributed by atoms with van der Waals surface area (Å²) in [5.74, 6) is -0.466. The summed E-state index contributed by atoms with van der Waals surface area (Å²) < 4.78 is 0.983. The van der Waals surface area contributed by atoms with Crippen molar-refractivity contribution < 1.29 is 4.79 Å². The smallest absolute Gasteiger partial charge is 0.268 e. The van der Waals surface area contributed by atoms with Crippen LogP contribution < -0.4 is 5.32 Å². The lowest BCUT2D eigenvalue weighted by Crippen LogP contribution is -2.13. The highest BCUT2D eigenvalue weighted by molar-refractivity contribution is 7.22. The van der Waals surface area contributed by atoms with Crippen LogP contribution in [0.4, 0.5) is 5.13 Å². The van der Waals surface area contributed by atoms with Crippen LogP contribution in [0.3, 0.4) is 0 Å². The predicted octanol–water partition coefficient (Wildman–Crippen LogP) is 4.32. The predicted molar refractivity (Wildman–Crippen MR) is 100 cm³/mol. The number of nitrogens with one attached hydrogen (secondary N) is 2. The standard InChI is InChI=1S/C19H12N4OS/c20-10-12(9-13-11-21-15-6-2-1-5-14(13)15)18(24)23-19-22-16-7-3-4-8-17(16)25-19/h1-9,11,21H,(H,22,23,24). The van der Waals surface area contributed by atoms with Crippen LogP contribution in [0.25, 0.3) is 27.2 Å². The molecule has 0 atom stereocenters. The SMILES string of the molecule is N#CC(=Cc1c[nH]c2ccccc12)C(=O)Nc1nc2ccccc2s1. The highest BCUT2D eigenvalue weighted by atomic mass is 32.1. The van der Waals surface area contributed by atoms with E-state index in [0.29, 0.717) is 5.13 Å². The van der Waals surface area contributed by atoms with Gasteiger partial charge >= 0.3 is 0 Å². The zero-order valence-corrected chi connectivity index (χ0v) is 13.8. The van der Waals surface area contributed by atoms with Crippen molar-refractivity contribution in [2.45, 2.75) is 0 Å². The fourth-order valence-corrected chi connectivity index (χ4v) is 3.47. The van der Waals surface area contributed by atoms with E-state index in [1.807, 2.05) is 54.6 Å². The molecule has 0 aliphatic rings. The molecule has 1 amide bonds. The first-order valence-electron chi connectivity index (χ1n) is 7.59. The van der Waals surface area contributed by atoms with Crippen LogP contribution >= 0.6 is 11.3 Å². The largest absolute Gasteiger partial charge is 0.361 e. The Kier molecular flexibility index (Phi) is 3.77. The van der Waals surface area contributed by atoms with Crippen LogP contribution in [0.5, 0.6) is 0 Å². The number of aromatic amines is 1. The van der Waals surface area contributed by atoms with Gasteiger partial charge in [-0.2, -0.15) is 5.26 Å². The number of anilines is 1. The fraction of sp³-hybridized carbons (Fsp3) is 0. The lowest BCUT2D eigenvalue weighted by atomic mass is 10.1. The minimum absolute atomic E-state index is 0.0315. The molecule has 0 unspecified atom stereocenters. The number of hydrogen-bond acceptors (Lipinski definition) is 4. The average Bonchev–Trinajstić information content (AvgIpc) is 3.22. The molecule has 2 aromatic heterocycles. The summed E-state index contributed by atoms with van der Waals surface area (Å²) in [6.07, 6.45) is 3.37. The third-order valence-corrected chi connectivity index (χ3v) is 4.75. The minimum Gasteiger partial charge on any atom is -0.361 e. The van der Waals surface area contributed by atoms with E-state index in [0.717, 1.165) is 26.7 Å². The molecule has 0 saturated heterocycles. The molecule has 0 saturated carbocycles. The first kappa shape index (κ1) is 15.1. The van der Waals surface area contributed by atoms with Gasteiger partial charge in [0.25, 0.3) is 5.91 Å². The van der Waals surface area contributed by atoms with E-state index in [-0.39, 0.29) is 5.57 Å². The molecular weight excluding hydrogens is 332 g/mol. The Balaban J connectivity index is 1.64. The molecule has 2 N–H and O–H groups in total. The first-order chi connectivity index (χ1) is 12.2. The maximum atomic E-state index is 12.4. The number of carbonyl (C=O) groups excluding carboxylic acids is 1. The third-order valence-electron chi connectivity index (χ3n) is 3.80. The summed E-state index contributed by atoms with van der Waals surface area (Å²) in [4.78, 5) is 19.9. The van der Waals surface area contributed by atoms with Gasteiger partial charge in [0.2, 0.25) is 0 Å². The number of fused-ring (bicyclic) bond motifs is 2. The minimum atomic E-state index is -0.466. The van der Waals surface area contributed by atoms with Crippen molar-refractivity contribution >= 4 is 49.6 Å². The number of para-hydroxylation sites is 2. The van der Waals surface area contributed by atoms with Crippen LogP contribution in [0.1, 0.15) is 5.56 Å². The summed E-state index contributed by atoms with van der Waals surface area (Å²) in [6.45, 7) is 0. The van der Waals surface area contributed by atoms with Gasteiger partial charge in [-0.1, -0.05) is 41.7 Å². The molecule has 5 nitrogen and oxygen atoms in total. The fourth-order valence-electron chi connectivity index (χ4n) is 2.61. The van der Waals surface area contributed by atoms with Crippen molar-refractivity contribution in [3.63, 3.8) is 0 Å². The molecule has 0 bridgehead atoms. The Hall–Kier alpha value is -3.43. The van der Waals surface area contributed by atoms with Crippen molar-refractivity contribution in [3.05, 3.63) is 65.9 Å². The van der Waals surface area contributed by atoms with Crippen molar-refractivity contribution in [2.24, 2.45) is 0 Å². The van der Waals surface area contributed by atoms with Crippen molar-refractivity contribution in [3.8, 4) is 6.07 Å². The van der Waals surface area contributed by atoms with Crippen LogP contribution in [-0.4, -0.2) is 15.9 Å². The van der Waals surface area contributed by atoms with E-state index in [1.54, 1.807) is 12.3 Å². The molecular formula is C19H12N4OS. The number of rotatable bonds is 3. The zero-order chi connectivity index (χ0) is 17.2. The van der Waals surface area contributed by atoms with Crippen LogP contribution in [-0.2, 0) is 4.79 Å². The summed E-state index contributed by atoms with van der Waals surface area (Å²) in [5, 5.41) is 13.5. The Morgan fingerprint density at radius 1 is 1.20 bits per heavy atom. The highest BCUT2D eigenvalue weighted by Crippen LogP contribution is 2.26. The molecule has 6 heteroatoms. The van der Waals surface area contributed by atoms with Crippen molar-refractivity contribution in [2.75, 3.05) is 5.32 Å². The van der Waals surface area contributed by atoms with E-state index in [9.17, 15) is 10.1 Å². The zero-order valence-electron chi connectivity index (χ0n) is 13.0. The Morgan fingerprint density at radius 2 is 2.00 bits per heavy atom. The lowest BCUT2D eigenvalue weighted by molar-refractivity contribution is -0.112. The molecule has 0 fully saturated rings. The van der Waals surface area contributed by atoms with Gasteiger partial charge in [-0.3, -0.25) is 10.1 Å². The molecule has 0 aliphatic carbocycles.